The molecule has 0 radical (unpaired) electrons. The van der Waals surface area contributed by atoms with E-state index in [1.165, 1.54) is 9.80 Å². The number of hydrogen-bond donors (Lipinski definition) is 5. The first-order valence-corrected chi connectivity index (χ1v) is 9.67. The molecular formula is C20H36N2O5. The first-order chi connectivity index (χ1) is 12.6. The summed E-state index contributed by atoms with van der Waals surface area (Å²) in [5.74, 6) is 0.0498. The van der Waals surface area contributed by atoms with Crippen LogP contribution in [0.2, 0.25) is 0 Å². The smallest absolute Gasteiger partial charge is 0.125 e. The lowest BCUT2D eigenvalue weighted by atomic mass is 9.93. The van der Waals surface area contributed by atoms with Crippen LogP contribution < -0.4 is 0 Å². The highest BCUT2D eigenvalue weighted by atomic mass is 16.3. The monoisotopic (exact) mass is 384 g/mol. The molecule has 0 bridgehead atoms. The minimum absolute atomic E-state index is 0.0498. The van der Waals surface area contributed by atoms with Gasteiger partial charge in [-0.1, -0.05) is 32.0 Å². The molecule has 6 atom stereocenters. The molecule has 156 valence electrons. The van der Waals surface area contributed by atoms with Gasteiger partial charge in [-0.25, -0.2) is 9.80 Å². The Balaban J connectivity index is 3.46. The molecule has 6 unspecified atom stereocenters. The second-order valence-corrected chi connectivity index (χ2v) is 7.06. The highest BCUT2D eigenvalue weighted by Crippen LogP contribution is 2.40. The van der Waals surface area contributed by atoms with Gasteiger partial charge in [0.25, 0.3) is 0 Å². The average molecular weight is 385 g/mol. The lowest BCUT2D eigenvalue weighted by Gasteiger charge is -2.38. The van der Waals surface area contributed by atoms with E-state index in [1.807, 2.05) is 13.8 Å². The van der Waals surface area contributed by atoms with Gasteiger partial charge in [0.1, 0.15) is 30.7 Å². The van der Waals surface area contributed by atoms with Crippen LogP contribution in [0, 0.1) is 0 Å². The third-order valence-electron chi connectivity index (χ3n) is 5.04. The van der Waals surface area contributed by atoms with Crippen LogP contribution in [0.5, 0.6) is 5.75 Å². The highest BCUT2D eigenvalue weighted by Gasteiger charge is 2.32. The zero-order valence-corrected chi connectivity index (χ0v) is 17.2. The van der Waals surface area contributed by atoms with Gasteiger partial charge in [0.2, 0.25) is 0 Å². The van der Waals surface area contributed by atoms with Crippen LogP contribution in [0.25, 0.3) is 0 Å². The minimum Gasteiger partial charge on any atom is -0.507 e. The molecular weight excluding hydrogens is 348 g/mol. The van der Waals surface area contributed by atoms with Gasteiger partial charge >= 0.3 is 0 Å². The second kappa shape index (κ2) is 10.4. The van der Waals surface area contributed by atoms with Crippen LogP contribution in [0.15, 0.2) is 18.2 Å². The number of aliphatic hydroxyl groups excluding tert-OH is 4. The van der Waals surface area contributed by atoms with Crippen LogP contribution in [-0.2, 0) is 0 Å². The van der Waals surface area contributed by atoms with E-state index in [0.717, 1.165) is 0 Å². The largest absolute Gasteiger partial charge is 0.507 e. The summed E-state index contributed by atoms with van der Waals surface area (Å²) in [5, 5.41) is 51.5. The Labute approximate surface area is 162 Å². The van der Waals surface area contributed by atoms with Crippen molar-refractivity contribution in [3.05, 3.63) is 29.3 Å². The maximum absolute atomic E-state index is 11.0. The van der Waals surface area contributed by atoms with Crippen LogP contribution >= 0.6 is 0 Å². The standard InChI is InChI=1S/C20H36N2O5/c1-7-18(21(12(3)23)13(4)24)16-10-9-11-17(20(16)27)19(8-2)22(14(5)25)15(6)26/h9-15,18-19,23-27H,7-8H2,1-6H3. The van der Waals surface area contributed by atoms with Crippen molar-refractivity contribution in [2.24, 2.45) is 0 Å². The Morgan fingerprint density at radius 1 is 0.704 bits per heavy atom. The molecule has 0 spiro atoms. The summed E-state index contributed by atoms with van der Waals surface area (Å²) in [5.41, 5.74) is 1.18. The van der Waals surface area contributed by atoms with E-state index in [2.05, 4.69) is 0 Å². The fraction of sp³-hybridized carbons (Fsp3) is 0.700. The molecule has 0 saturated heterocycles. The Morgan fingerprint density at radius 3 is 1.22 bits per heavy atom. The first kappa shape index (κ1) is 23.8. The van der Waals surface area contributed by atoms with E-state index in [9.17, 15) is 25.5 Å². The number of rotatable bonds is 10. The van der Waals surface area contributed by atoms with E-state index in [4.69, 9.17) is 0 Å². The number of aromatic hydroxyl groups is 1. The number of phenolic OH excluding ortho intramolecular Hbond substituents is 1. The Hall–Kier alpha value is -1.22. The SMILES string of the molecule is CCC(c1cccc(C(CC)N(C(C)O)C(C)O)c1O)N(C(C)O)C(C)O. The van der Waals surface area contributed by atoms with Crippen molar-refractivity contribution >= 4 is 0 Å². The highest BCUT2D eigenvalue weighted by molar-refractivity contribution is 5.44. The topological polar surface area (TPSA) is 108 Å². The Bertz CT molecular complexity index is 515. The van der Waals surface area contributed by atoms with Crippen LogP contribution in [0.1, 0.15) is 77.6 Å². The predicted molar refractivity (Wildman–Crippen MR) is 105 cm³/mol. The molecule has 7 nitrogen and oxygen atoms in total. The van der Waals surface area contributed by atoms with Crippen molar-refractivity contribution < 1.29 is 25.5 Å². The summed E-state index contributed by atoms with van der Waals surface area (Å²) < 4.78 is 0. The molecule has 1 aromatic carbocycles. The van der Waals surface area contributed by atoms with Crippen LogP contribution in [0.3, 0.4) is 0 Å². The maximum atomic E-state index is 11.0. The summed E-state index contributed by atoms with van der Waals surface area (Å²) in [6.45, 7) is 10.1. The number of phenols is 1. The number of hydrogen-bond acceptors (Lipinski definition) is 7. The molecule has 0 aliphatic carbocycles. The van der Waals surface area contributed by atoms with Gasteiger partial charge < -0.3 is 25.5 Å². The van der Waals surface area contributed by atoms with Crippen molar-refractivity contribution in [2.75, 3.05) is 0 Å². The lowest BCUT2D eigenvalue weighted by Crippen LogP contribution is -2.43. The fourth-order valence-electron chi connectivity index (χ4n) is 3.97. The zero-order chi connectivity index (χ0) is 20.9. The third-order valence-corrected chi connectivity index (χ3v) is 5.04. The first-order valence-electron chi connectivity index (χ1n) is 9.67. The zero-order valence-electron chi connectivity index (χ0n) is 17.2. The van der Waals surface area contributed by atoms with E-state index in [-0.39, 0.29) is 5.75 Å². The molecule has 0 aliphatic heterocycles. The maximum Gasteiger partial charge on any atom is 0.125 e. The molecule has 0 aromatic heterocycles. The molecule has 1 rings (SSSR count). The second-order valence-electron chi connectivity index (χ2n) is 7.06. The van der Waals surface area contributed by atoms with Gasteiger partial charge in [0.15, 0.2) is 0 Å². The summed E-state index contributed by atoms with van der Waals surface area (Å²) in [6, 6.07) is 4.56. The molecule has 7 heteroatoms. The fourth-order valence-corrected chi connectivity index (χ4v) is 3.97. The van der Waals surface area contributed by atoms with Crippen LogP contribution in [0.4, 0.5) is 0 Å². The number of benzene rings is 1. The van der Waals surface area contributed by atoms with Gasteiger partial charge in [-0.3, -0.25) is 0 Å². The number of nitrogens with zero attached hydrogens (tertiary/aromatic N) is 2. The van der Waals surface area contributed by atoms with E-state index < -0.39 is 37.0 Å². The molecule has 5 N–H and O–H groups in total. The van der Waals surface area contributed by atoms with Gasteiger partial charge in [0, 0.05) is 23.2 Å². The number of para-hydroxylation sites is 1. The minimum atomic E-state index is -0.897. The van der Waals surface area contributed by atoms with Gasteiger partial charge in [-0.05, 0) is 40.5 Å². The average Bonchev–Trinajstić information content (AvgIpc) is 2.56. The Kier molecular flexibility index (Phi) is 9.14. The number of aliphatic hydroxyl groups is 4. The normalized spacial score (nSPS) is 19.0. The Morgan fingerprint density at radius 2 is 1.00 bits per heavy atom. The van der Waals surface area contributed by atoms with Gasteiger partial charge in [0.05, 0.1) is 0 Å². The van der Waals surface area contributed by atoms with E-state index >= 15 is 0 Å². The quantitative estimate of drug-likeness (QED) is 0.394. The molecule has 0 heterocycles. The lowest BCUT2D eigenvalue weighted by molar-refractivity contribution is -0.113. The van der Waals surface area contributed by atoms with E-state index in [0.29, 0.717) is 24.0 Å². The van der Waals surface area contributed by atoms with Gasteiger partial charge in [-0.2, -0.15) is 0 Å². The molecule has 0 amide bonds. The predicted octanol–water partition coefficient (Wildman–Crippen LogP) is 2.25. The van der Waals surface area contributed by atoms with Crippen molar-refractivity contribution in [3.8, 4) is 5.75 Å². The molecule has 0 saturated carbocycles. The molecule has 1 aromatic rings. The van der Waals surface area contributed by atoms with Crippen molar-refractivity contribution in [1.82, 2.24) is 9.80 Å². The summed E-state index contributed by atoms with van der Waals surface area (Å²) in [4.78, 5) is 3.06. The summed E-state index contributed by atoms with van der Waals surface area (Å²) in [7, 11) is 0. The summed E-state index contributed by atoms with van der Waals surface area (Å²) >= 11 is 0. The molecule has 0 aliphatic rings. The summed E-state index contributed by atoms with van der Waals surface area (Å²) in [6.07, 6.45) is -2.45. The van der Waals surface area contributed by atoms with Crippen LogP contribution in [-0.4, -0.2) is 60.2 Å². The molecule has 0 fully saturated rings. The van der Waals surface area contributed by atoms with Crippen molar-refractivity contribution in [1.29, 1.82) is 0 Å². The molecule has 27 heavy (non-hydrogen) atoms. The van der Waals surface area contributed by atoms with Crippen molar-refractivity contribution in [2.45, 2.75) is 91.4 Å². The third kappa shape index (κ3) is 5.40. The van der Waals surface area contributed by atoms with Crippen molar-refractivity contribution in [3.63, 3.8) is 0 Å². The van der Waals surface area contributed by atoms with E-state index in [1.54, 1.807) is 45.9 Å². The van der Waals surface area contributed by atoms with Gasteiger partial charge in [-0.15, -0.1) is 0 Å².